The number of carbonyl (C=O) groups is 1. The quantitative estimate of drug-likeness (QED) is 0.923. The maximum Gasteiger partial charge on any atom is 0.272 e. The number of halogens is 1. The molecule has 104 valence electrons. The van der Waals surface area contributed by atoms with Crippen LogP contribution in [0.4, 0.5) is 0 Å². The zero-order chi connectivity index (χ0) is 13.7. The number of aryl methyl sites for hydroxylation is 1. The normalized spacial score (nSPS) is 16.1. The van der Waals surface area contributed by atoms with Crippen LogP contribution in [0.1, 0.15) is 24.8 Å². The first-order chi connectivity index (χ1) is 9.15. The molecule has 0 saturated carbocycles. The number of carbonyl (C=O) groups excluding carboxylic acids is 1. The summed E-state index contributed by atoms with van der Waals surface area (Å²) in [5.41, 5.74) is 3.90. The molecule has 1 aliphatic rings. The van der Waals surface area contributed by atoms with Crippen molar-refractivity contribution in [2.75, 3.05) is 19.7 Å². The number of rotatable bonds is 4. The van der Waals surface area contributed by atoms with E-state index in [1.807, 2.05) is 24.1 Å². The summed E-state index contributed by atoms with van der Waals surface area (Å²) in [4.78, 5) is 11.8. The summed E-state index contributed by atoms with van der Waals surface area (Å²) in [7, 11) is 0. The van der Waals surface area contributed by atoms with Crippen molar-refractivity contribution in [2.24, 2.45) is 0 Å². The van der Waals surface area contributed by atoms with Crippen molar-refractivity contribution >= 4 is 17.5 Å². The number of nitrogens with one attached hydrogen (secondary N) is 1. The molecule has 1 amide bonds. The van der Waals surface area contributed by atoms with Crippen LogP contribution in [0.15, 0.2) is 18.2 Å². The van der Waals surface area contributed by atoms with Gasteiger partial charge in [0, 0.05) is 13.1 Å². The van der Waals surface area contributed by atoms with Crippen LogP contribution in [-0.4, -0.2) is 30.6 Å². The third-order valence-corrected chi connectivity index (χ3v) is 3.40. The summed E-state index contributed by atoms with van der Waals surface area (Å²) < 4.78 is 5.45. The van der Waals surface area contributed by atoms with Gasteiger partial charge in [0.2, 0.25) is 0 Å². The number of hydrogen-bond acceptors (Lipinski definition) is 3. The molecular weight excluding hydrogens is 264 g/mol. The number of benzene rings is 1. The molecule has 1 fully saturated rings. The third kappa shape index (κ3) is 4.40. The van der Waals surface area contributed by atoms with Gasteiger partial charge in [-0.25, -0.2) is 5.01 Å². The highest BCUT2D eigenvalue weighted by atomic mass is 35.5. The van der Waals surface area contributed by atoms with Gasteiger partial charge in [0.25, 0.3) is 5.91 Å². The van der Waals surface area contributed by atoms with E-state index in [-0.39, 0.29) is 12.5 Å². The number of ether oxygens (including phenoxy) is 1. The SMILES string of the molecule is Cc1ccc(Cl)c(OCC(=O)NN2CCCCC2)c1. The molecule has 0 radical (unpaired) electrons. The molecule has 0 atom stereocenters. The van der Waals surface area contributed by atoms with Gasteiger partial charge in [-0.15, -0.1) is 0 Å². The van der Waals surface area contributed by atoms with Gasteiger partial charge < -0.3 is 4.74 Å². The number of piperidine rings is 1. The van der Waals surface area contributed by atoms with Crippen LogP contribution in [0, 0.1) is 6.92 Å². The van der Waals surface area contributed by atoms with Crippen molar-refractivity contribution in [3.8, 4) is 5.75 Å². The summed E-state index contributed by atoms with van der Waals surface area (Å²) >= 11 is 6.00. The molecular formula is C14H19ClN2O2. The monoisotopic (exact) mass is 282 g/mol. The minimum absolute atomic E-state index is 0.0142. The van der Waals surface area contributed by atoms with Gasteiger partial charge in [-0.3, -0.25) is 10.2 Å². The maximum absolute atomic E-state index is 11.8. The van der Waals surface area contributed by atoms with Gasteiger partial charge in [0.05, 0.1) is 5.02 Å². The first-order valence-corrected chi connectivity index (χ1v) is 6.96. The van der Waals surface area contributed by atoms with Crippen LogP contribution in [0.3, 0.4) is 0 Å². The Morgan fingerprint density at radius 2 is 2.11 bits per heavy atom. The van der Waals surface area contributed by atoms with Gasteiger partial charge in [-0.1, -0.05) is 24.1 Å². The molecule has 1 aromatic carbocycles. The first-order valence-electron chi connectivity index (χ1n) is 6.58. The van der Waals surface area contributed by atoms with Crippen LogP contribution < -0.4 is 10.2 Å². The molecule has 19 heavy (non-hydrogen) atoms. The van der Waals surface area contributed by atoms with E-state index in [2.05, 4.69) is 5.43 Å². The molecule has 4 nitrogen and oxygen atoms in total. The van der Waals surface area contributed by atoms with Crippen molar-refractivity contribution in [3.63, 3.8) is 0 Å². The van der Waals surface area contributed by atoms with E-state index in [1.165, 1.54) is 6.42 Å². The maximum atomic E-state index is 11.8. The van der Waals surface area contributed by atoms with Crippen molar-refractivity contribution < 1.29 is 9.53 Å². The molecule has 0 bridgehead atoms. The molecule has 0 aromatic heterocycles. The predicted molar refractivity (Wildman–Crippen MR) is 75.3 cm³/mol. The summed E-state index contributed by atoms with van der Waals surface area (Å²) in [6.45, 7) is 3.77. The van der Waals surface area contributed by atoms with E-state index in [4.69, 9.17) is 16.3 Å². The number of hydrazine groups is 1. The summed E-state index contributed by atoms with van der Waals surface area (Å²) in [5.74, 6) is 0.412. The Balaban J connectivity index is 1.81. The minimum Gasteiger partial charge on any atom is -0.482 e. The molecule has 1 saturated heterocycles. The van der Waals surface area contributed by atoms with E-state index < -0.39 is 0 Å². The second kappa shape index (κ2) is 6.78. The molecule has 1 N–H and O–H groups in total. The Hall–Kier alpha value is -1.26. The number of nitrogens with zero attached hydrogens (tertiary/aromatic N) is 1. The van der Waals surface area contributed by atoms with Gasteiger partial charge in [0.1, 0.15) is 5.75 Å². The Morgan fingerprint density at radius 3 is 2.84 bits per heavy atom. The summed E-state index contributed by atoms with van der Waals surface area (Å²) in [5, 5.41) is 2.48. The van der Waals surface area contributed by atoms with Crippen LogP contribution in [0.25, 0.3) is 0 Å². The van der Waals surface area contributed by atoms with Gasteiger partial charge >= 0.3 is 0 Å². The number of hydrogen-bond donors (Lipinski definition) is 1. The lowest BCUT2D eigenvalue weighted by Crippen LogP contribution is -2.46. The molecule has 0 aliphatic carbocycles. The lowest BCUT2D eigenvalue weighted by Gasteiger charge is -2.26. The van der Waals surface area contributed by atoms with E-state index in [9.17, 15) is 4.79 Å². The van der Waals surface area contributed by atoms with Gasteiger partial charge in [-0.2, -0.15) is 0 Å². The van der Waals surface area contributed by atoms with Crippen LogP contribution >= 0.6 is 11.6 Å². The van der Waals surface area contributed by atoms with Gasteiger partial charge in [-0.05, 0) is 37.5 Å². The van der Waals surface area contributed by atoms with Crippen molar-refractivity contribution in [1.82, 2.24) is 10.4 Å². The minimum atomic E-state index is -0.139. The van der Waals surface area contributed by atoms with Crippen LogP contribution in [0.5, 0.6) is 5.75 Å². The fraction of sp³-hybridized carbons (Fsp3) is 0.500. The number of amides is 1. The molecule has 0 spiro atoms. The van der Waals surface area contributed by atoms with E-state index >= 15 is 0 Å². The standard InChI is InChI=1S/C14H19ClN2O2/c1-11-5-6-12(15)13(9-11)19-10-14(18)16-17-7-3-2-4-8-17/h5-6,9H,2-4,7-8,10H2,1H3,(H,16,18). The van der Waals surface area contributed by atoms with Gasteiger partial charge in [0.15, 0.2) is 6.61 Å². The first kappa shape index (κ1) is 14.2. The van der Waals surface area contributed by atoms with Crippen molar-refractivity contribution in [2.45, 2.75) is 26.2 Å². The molecule has 2 rings (SSSR count). The summed E-state index contributed by atoms with van der Waals surface area (Å²) in [6, 6.07) is 5.51. The molecule has 1 aliphatic heterocycles. The largest absolute Gasteiger partial charge is 0.482 e. The lowest BCUT2D eigenvalue weighted by molar-refractivity contribution is -0.128. The highest BCUT2D eigenvalue weighted by Crippen LogP contribution is 2.25. The third-order valence-electron chi connectivity index (χ3n) is 3.08. The van der Waals surface area contributed by atoms with Crippen LogP contribution in [-0.2, 0) is 4.79 Å². The average molecular weight is 283 g/mol. The fourth-order valence-electron chi connectivity index (χ4n) is 2.08. The van der Waals surface area contributed by atoms with Crippen molar-refractivity contribution in [1.29, 1.82) is 0 Å². The smallest absolute Gasteiger partial charge is 0.272 e. The van der Waals surface area contributed by atoms with E-state index in [1.54, 1.807) is 6.07 Å². The van der Waals surface area contributed by atoms with Crippen LogP contribution in [0.2, 0.25) is 5.02 Å². The topological polar surface area (TPSA) is 41.6 Å². The van der Waals surface area contributed by atoms with E-state index in [0.717, 1.165) is 31.5 Å². The Labute approximate surface area is 118 Å². The lowest BCUT2D eigenvalue weighted by atomic mass is 10.2. The fourth-order valence-corrected chi connectivity index (χ4v) is 2.25. The van der Waals surface area contributed by atoms with E-state index in [0.29, 0.717) is 10.8 Å². The zero-order valence-electron chi connectivity index (χ0n) is 11.1. The van der Waals surface area contributed by atoms with Crippen molar-refractivity contribution in [3.05, 3.63) is 28.8 Å². The molecule has 1 heterocycles. The second-order valence-electron chi connectivity index (χ2n) is 4.81. The highest BCUT2D eigenvalue weighted by molar-refractivity contribution is 6.32. The Bertz CT molecular complexity index is 445. The highest BCUT2D eigenvalue weighted by Gasteiger charge is 2.13. The molecule has 0 unspecified atom stereocenters. The Kier molecular flexibility index (Phi) is 5.05. The second-order valence-corrected chi connectivity index (χ2v) is 5.21. The zero-order valence-corrected chi connectivity index (χ0v) is 11.9. The average Bonchev–Trinajstić information content (AvgIpc) is 2.41. The predicted octanol–water partition coefficient (Wildman–Crippen LogP) is 2.54. The summed E-state index contributed by atoms with van der Waals surface area (Å²) in [6.07, 6.45) is 3.50. The molecule has 5 heteroatoms. The molecule has 1 aromatic rings. The Morgan fingerprint density at radius 1 is 1.37 bits per heavy atom.